The standard InChI is InChI=1S/C17H21ClN4/c1-21(2)14-8-4-12(5-9-14)11-22(3)16-10-15(18)19-17(20-16)13-6-7-13/h4-5,8-10,13H,6-7,11H2,1-3H3. The van der Waals surface area contributed by atoms with E-state index >= 15 is 0 Å². The first-order valence-electron chi connectivity index (χ1n) is 7.55. The number of anilines is 2. The molecule has 1 aliphatic rings. The van der Waals surface area contributed by atoms with Crippen LogP contribution in [-0.2, 0) is 6.54 Å². The van der Waals surface area contributed by atoms with Crippen molar-refractivity contribution in [3.05, 3.63) is 46.9 Å². The fourth-order valence-electron chi connectivity index (χ4n) is 2.40. The molecule has 0 atom stereocenters. The maximum atomic E-state index is 6.14. The molecule has 1 fully saturated rings. The number of benzene rings is 1. The summed E-state index contributed by atoms with van der Waals surface area (Å²) in [5.74, 6) is 2.28. The van der Waals surface area contributed by atoms with Crippen LogP contribution in [0, 0.1) is 0 Å². The molecule has 4 nitrogen and oxygen atoms in total. The summed E-state index contributed by atoms with van der Waals surface area (Å²) in [6, 6.07) is 10.4. The highest BCUT2D eigenvalue weighted by atomic mass is 35.5. The molecule has 1 aromatic carbocycles. The number of rotatable bonds is 5. The average molecular weight is 317 g/mol. The van der Waals surface area contributed by atoms with Gasteiger partial charge in [-0.15, -0.1) is 0 Å². The zero-order valence-corrected chi connectivity index (χ0v) is 14.0. The van der Waals surface area contributed by atoms with Crippen LogP contribution in [0.1, 0.15) is 30.1 Å². The quantitative estimate of drug-likeness (QED) is 0.787. The van der Waals surface area contributed by atoms with Gasteiger partial charge >= 0.3 is 0 Å². The van der Waals surface area contributed by atoms with Crippen LogP contribution in [0.2, 0.25) is 5.15 Å². The Kier molecular flexibility index (Phi) is 4.21. The van der Waals surface area contributed by atoms with Crippen molar-refractivity contribution in [2.24, 2.45) is 0 Å². The summed E-state index contributed by atoms with van der Waals surface area (Å²) in [5.41, 5.74) is 2.45. The van der Waals surface area contributed by atoms with Gasteiger partial charge in [-0.2, -0.15) is 0 Å². The third-order valence-electron chi connectivity index (χ3n) is 3.90. The first-order chi connectivity index (χ1) is 10.5. The van der Waals surface area contributed by atoms with Gasteiger partial charge in [0.2, 0.25) is 0 Å². The Bertz CT molecular complexity index is 650. The summed E-state index contributed by atoms with van der Waals surface area (Å²) in [6.07, 6.45) is 2.35. The second-order valence-corrected chi connectivity index (χ2v) is 6.49. The van der Waals surface area contributed by atoms with Gasteiger partial charge in [-0.3, -0.25) is 0 Å². The van der Waals surface area contributed by atoms with Gasteiger partial charge in [-0.05, 0) is 30.5 Å². The van der Waals surface area contributed by atoms with Crippen LogP contribution in [0.3, 0.4) is 0 Å². The van der Waals surface area contributed by atoms with Crippen LogP contribution in [0.4, 0.5) is 11.5 Å². The van der Waals surface area contributed by atoms with Crippen molar-refractivity contribution in [2.45, 2.75) is 25.3 Å². The Balaban J connectivity index is 1.74. The molecule has 22 heavy (non-hydrogen) atoms. The summed E-state index contributed by atoms with van der Waals surface area (Å²) in [6.45, 7) is 0.797. The van der Waals surface area contributed by atoms with Crippen molar-refractivity contribution >= 4 is 23.1 Å². The predicted molar refractivity (Wildman–Crippen MR) is 91.9 cm³/mol. The molecular formula is C17H21ClN4. The van der Waals surface area contributed by atoms with Crippen LogP contribution in [-0.4, -0.2) is 31.1 Å². The van der Waals surface area contributed by atoms with Gasteiger partial charge in [0.05, 0.1) is 0 Å². The van der Waals surface area contributed by atoms with E-state index in [0.29, 0.717) is 11.1 Å². The monoisotopic (exact) mass is 316 g/mol. The first-order valence-corrected chi connectivity index (χ1v) is 7.92. The largest absolute Gasteiger partial charge is 0.378 e. The second kappa shape index (κ2) is 6.13. The zero-order valence-electron chi connectivity index (χ0n) is 13.3. The average Bonchev–Trinajstić information content (AvgIpc) is 3.31. The molecular weight excluding hydrogens is 296 g/mol. The molecule has 0 unspecified atom stereocenters. The van der Waals surface area contributed by atoms with Crippen molar-refractivity contribution in [1.82, 2.24) is 9.97 Å². The fraction of sp³-hybridized carbons (Fsp3) is 0.412. The molecule has 1 heterocycles. The molecule has 1 aromatic heterocycles. The summed E-state index contributed by atoms with van der Waals surface area (Å²) >= 11 is 6.14. The van der Waals surface area contributed by atoms with Crippen molar-refractivity contribution < 1.29 is 0 Å². The van der Waals surface area contributed by atoms with Crippen LogP contribution < -0.4 is 9.80 Å². The SMILES string of the molecule is CN(C)c1ccc(CN(C)c2cc(Cl)nc(C3CC3)n2)cc1. The van der Waals surface area contributed by atoms with Crippen molar-refractivity contribution in [3.63, 3.8) is 0 Å². The summed E-state index contributed by atoms with van der Waals surface area (Å²) in [7, 11) is 6.13. The van der Waals surface area contributed by atoms with Crippen molar-refractivity contribution in [2.75, 3.05) is 30.9 Å². The number of hydrogen-bond donors (Lipinski definition) is 0. The normalized spacial score (nSPS) is 14.0. The molecule has 3 rings (SSSR count). The zero-order chi connectivity index (χ0) is 15.7. The van der Waals surface area contributed by atoms with Crippen molar-refractivity contribution in [1.29, 1.82) is 0 Å². The Morgan fingerprint density at radius 2 is 1.77 bits per heavy atom. The molecule has 0 spiro atoms. The second-order valence-electron chi connectivity index (χ2n) is 6.10. The smallest absolute Gasteiger partial charge is 0.135 e. The van der Waals surface area contributed by atoms with Crippen LogP contribution in [0.15, 0.2) is 30.3 Å². The van der Waals surface area contributed by atoms with E-state index in [4.69, 9.17) is 11.6 Å². The molecule has 5 heteroatoms. The number of aromatic nitrogens is 2. The first kappa shape index (κ1) is 15.1. The molecule has 116 valence electrons. The van der Waals surface area contributed by atoms with Gasteiger partial charge in [0.1, 0.15) is 16.8 Å². The minimum atomic E-state index is 0.505. The van der Waals surface area contributed by atoms with E-state index in [1.807, 2.05) is 27.2 Å². The minimum absolute atomic E-state index is 0.505. The molecule has 0 aliphatic heterocycles. The summed E-state index contributed by atoms with van der Waals surface area (Å²) < 4.78 is 0. The van der Waals surface area contributed by atoms with E-state index in [0.717, 1.165) is 18.2 Å². The number of halogens is 1. The number of nitrogens with zero attached hydrogens (tertiary/aromatic N) is 4. The molecule has 0 N–H and O–H groups in total. The third kappa shape index (κ3) is 3.50. The molecule has 0 saturated heterocycles. The van der Waals surface area contributed by atoms with E-state index in [1.165, 1.54) is 24.1 Å². The molecule has 0 bridgehead atoms. The lowest BCUT2D eigenvalue weighted by molar-refractivity contribution is 0.854. The molecule has 0 radical (unpaired) electrons. The molecule has 1 saturated carbocycles. The maximum absolute atomic E-state index is 6.14. The lowest BCUT2D eigenvalue weighted by Gasteiger charge is -2.20. The van der Waals surface area contributed by atoms with E-state index < -0.39 is 0 Å². The van der Waals surface area contributed by atoms with E-state index in [9.17, 15) is 0 Å². The van der Waals surface area contributed by atoms with Crippen LogP contribution >= 0.6 is 11.6 Å². The van der Waals surface area contributed by atoms with E-state index in [1.54, 1.807) is 0 Å². The van der Waals surface area contributed by atoms with Gasteiger partial charge in [0.15, 0.2) is 0 Å². The Morgan fingerprint density at radius 3 is 2.36 bits per heavy atom. The Morgan fingerprint density at radius 1 is 1.09 bits per heavy atom. The molecule has 0 amide bonds. The fourth-order valence-corrected chi connectivity index (χ4v) is 2.58. The molecule has 1 aliphatic carbocycles. The Hall–Kier alpha value is -1.81. The van der Waals surface area contributed by atoms with E-state index in [2.05, 4.69) is 44.0 Å². The van der Waals surface area contributed by atoms with Gasteiger partial charge in [-0.25, -0.2) is 9.97 Å². The van der Waals surface area contributed by atoms with E-state index in [-0.39, 0.29) is 0 Å². The highest BCUT2D eigenvalue weighted by molar-refractivity contribution is 6.29. The summed E-state index contributed by atoms with van der Waals surface area (Å²) in [4.78, 5) is 13.2. The van der Waals surface area contributed by atoms with Gasteiger partial charge in [0.25, 0.3) is 0 Å². The minimum Gasteiger partial charge on any atom is -0.378 e. The Labute approximate surface area is 136 Å². The number of hydrogen-bond acceptors (Lipinski definition) is 4. The third-order valence-corrected chi connectivity index (χ3v) is 4.10. The lowest BCUT2D eigenvalue weighted by Crippen LogP contribution is -2.18. The molecule has 2 aromatic rings. The highest BCUT2D eigenvalue weighted by Crippen LogP contribution is 2.39. The predicted octanol–water partition coefficient (Wildman–Crippen LogP) is 3.71. The van der Waals surface area contributed by atoms with Gasteiger partial charge in [-0.1, -0.05) is 23.7 Å². The van der Waals surface area contributed by atoms with Crippen LogP contribution in [0.5, 0.6) is 0 Å². The van der Waals surface area contributed by atoms with Gasteiger partial charge in [0, 0.05) is 45.4 Å². The summed E-state index contributed by atoms with van der Waals surface area (Å²) in [5, 5.41) is 0.529. The van der Waals surface area contributed by atoms with Gasteiger partial charge < -0.3 is 9.80 Å². The van der Waals surface area contributed by atoms with Crippen LogP contribution in [0.25, 0.3) is 0 Å². The maximum Gasteiger partial charge on any atom is 0.135 e. The van der Waals surface area contributed by atoms with Crippen molar-refractivity contribution in [3.8, 4) is 0 Å². The topological polar surface area (TPSA) is 32.3 Å². The highest BCUT2D eigenvalue weighted by Gasteiger charge is 2.27. The lowest BCUT2D eigenvalue weighted by atomic mass is 10.2.